The highest BCUT2D eigenvalue weighted by Crippen LogP contribution is 2.33. The molecule has 0 spiro atoms. The number of aromatic nitrogens is 1. The Morgan fingerprint density at radius 2 is 1.77 bits per heavy atom. The molecule has 0 unspecified atom stereocenters. The van der Waals surface area contributed by atoms with E-state index in [1.165, 1.54) is 11.3 Å². The first kappa shape index (κ1) is 23.2. The summed E-state index contributed by atoms with van der Waals surface area (Å²) in [4.78, 5) is 21.7. The predicted molar refractivity (Wildman–Crippen MR) is 125 cm³/mol. The molecule has 9 heteroatoms. The van der Waals surface area contributed by atoms with E-state index in [2.05, 4.69) is 4.98 Å². The average molecular weight is 462 g/mol. The number of nitrogens with zero attached hydrogens (tertiary/aromatic N) is 3. The molecule has 0 saturated heterocycles. The molecule has 0 aliphatic heterocycles. The molecule has 3 rings (SSSR count). The van der Waals surface area contributed by atoms with E-state index in [4.69, 9.17) is 4.74 Å². The summed E-state index contributed by atoms with van der Waals surface area (Å²) in [6.45, 7) is 4.94. The minimum Gasteiger partial charge on any atom is -0.491 e. The number of hydrogen-bond donors (Lipinski definition) is 0. The number of likely N-dealkylation sites (N-methyl/N-ethyl adjacent to an activating group) is 1. The number of ether oxygens (including phenoxy) is 1. The van der Waals surface area contributed by atoms with Gasteiger partial charge in [-0.25, -0.2) is 13.4 Å². The zero-order chi connectivity index (χ0) is 22.8. The normalized spacial score (nSPS) is 12.0. The van der Waals surface area contributed by atoms with Crippen molar-refractivity contribution in [1.29, 1.82) is 0 Å². The highest BCUT2D eigenvalue weighted by molar-refractivity contribution is 7.91. The Bertz CT molecular complexity index is 1170. The van der Waals surface area contributed by atoms with Gasteiger partial charge < -0.3 is 9.64 Å². The van der Waals surface area contributed by atoms with Crippen LogP contribution in [0.3, 0.4) is 0 Å². The van der Waals surface area contributed by atoms with Crippen LogP contribution in [0, 0.1) is 0 Å². The smallest absolute Gasteiger partial charge is 0.260 e. The lowest BCUT2D eigenvalue weighted by Gasteiger charge is -2.22. The Labute approximate surface area is 187 Å². The number of carbonyl (C=O) groups excluding carboxylic acids is 1. The van der Waals surface area contributed by atoms with E-state index in [9.17, 15) is 13.2 Å². The van der Waals surface area contributed by atoms with Gasteiger partial charge in [-0.15, -0.1) is 0 Å². The molecule has 166 valence electrons. The molecule has 0 bridgehead atoms. The van der Waals surface area contributed by atoms with Crippen LogP contribution in [-0.4, -0.2) is 63.8 Å². The Balaban J connectivity index is 2.00. The first-order chi connectivity index (χ1) is 14.6. The SMILES string of the molecule is CC(C)Oc1ccc(C(=O)N(CCN(C)C)c2nc3c(S(C)(=O)=O)cccc3s2)cc1. The molecule has 31 heavy (non-hydrogen) atoms. The summed E-state index contributed by atoms with van der Waals surface area (Å²) >= 11 is 1.31. The molecular weight excluding hydrogens is 434 g/mol. The van der Waals surface area contributed by atoms with Crippen molar-refractivity contribution >= 4 is 42.4 Å². The Hall–Kier alpha value is -2.49. The van der Waals surface area contributed by atoms with Crippen LogP contribution in [0.2, 0.25) is 0 Å². The zero-order valence-corrected chi connectivity index (χ0v) is 20.0. The summed E-state index contributed by atoms with van der Waals surface area (Å²) in [5, 5.41) is 0.473. The van der Waals surface area contributed by atoms with Crippen molar-refractivity contribution < 1.29 is 17.9 Å². The van der Waals surface area contributed by atoms with Gasteiger partial charge in [-0.1, -0.05) is 17.4 Å². The fourth-order valence-corrected chi connectivity index (χ4v) is 4.93. The molecule has 0 aliphatic rings. The highest BCUT2D eigenvalue weighted by atomic mass is 32.2. The van der Waals surface area contributed by atoms with Gasteiger partial charge in [0, 0.05) is 24.9 Å². The van der Waals surface area contributed by atoms with Crippen molar-refractivity contribution in [3.63, 3.8) is 0 Å². The molecule has 0 aliphatic carbocycles. The summed E-state index contributed by atoms with van der Waals surface area (Å²) in [6.07, 6.45) is 1.21. The van der Waals surface area contributed by atoms with Crippen LogP contribution in [-0.2, 0) is 9.84 Å². The van der Waals surface area contributed by atoms with Crippen LogP contribution in [0.15, 0.2) is 47.4 Å². The largest absolute Gasteiger partial charge is 0.491 e. The second kappa shape index (κ2) is 9.33. The van der Waals surface area contributed by atoms with E-state index in [1.807, 2.05) is 38.9 Å². The number of thiazole rings is 1. The lowest BCUT2D eigenvalue weighted by Crippen LogP contribution is -2.36. The van der Waals surface area contributed by atoms with Gasteiger partial charge in [0.05, 0.1) is 15.7 Å². The molecule has 2 aromatic carbocycles. The number of sulfone groups is 1. The summed E-state index contributed by atoms with van der Waals surface area (Å²) in [5.74, 6) is 0.502. The van der Waals surface area contributed by atoms with Crippen LogP contribution in [0.4, 0.5) is 5.13 Å². The van der Waals surface area contributed by atoms with Crippen LogP contribution < -0.4 is 9.64 Å². The molecule has 1 aromatic heterocycles. The van der Waals surface area contributed by atoms with Crippen molar-refractivity contribution in [3.05, 3.63) is 48.0 Å². The van der Waals surface area contributed by atoms with Gasteiger partial charge >= 0.3 is 0 Å². The molecule has 3 aromatic rings. The van der Waals surface area contributed by atoms with Crippen molar-refractivity contribution in [2.24, 2.45) is 0 Å². The maximum atomic E-state index is 13.4. The summed E-state index contributed by atoms with van der Waals surface area (Å²) in [7, 11) is 0.427. The van der Waals surface area contributed by atoms with Crippen molar-refractivity contribution in [2.75, 3.05) is 38.3 Å². The minimum atomic E-state index is -3.44. The first-order valence-corrected chi connectivity index (χ1v) is 12.6. The predicted octanol–water partition coefficient (Wildman–Crippen LogP) is 3.70. The van der Waals surface area contributed by atoms with E-state index >= 15 is 0 Å². The van der Waals surface area contributed by atoms with Crippen molar-refractivity contribution in [3.8, 4) is 5.75 Å². The minimum absolute atomic E-state index is 0.0462. The number of benzene rings is 2. The third-order valence-corrected chi connectivity index (χ3v) is 6.66. The maximum Gasteiger partial charge on any atom is 0.260 e. The Kier molecular flexibility index (Phi) is 6.98. The quantitative estimate of drug-likeness (QED) is 0.509. The van der Waals surface area contributed by atoms with Gasteiger partial charge in [-0.2, -0.15) is 0 Å². The lowest BCUT2D eigenvalue weighted by atomic mass is 10.2. The number of para-hydroxylation sites is 1. The van der Waals surface area contributed by atoms with E-state index in [0.29, 0.717) is 35.1 Å². The van der Waals surface area contributed by atoms with Gasteiger partial charge in [0.1, 0.15) is 11.3 Å². The number of fused-ring (bicyclic) bond motifs is 1. The third kappa shape index (κ3) is 5.61. The fourth-order valence-electron chi connectivity index (χ4n) is 3.01. The molecular formula is C22H27N3O4S2. The first-order valence-electron chi connectivity index (χ1n) is 9.89. The average Bonchev–Trinajstić information content (AvgIpc) is 3.10. The number of amides is 1. The molecule has 7 nitrogen and oxygen atoms in total. The second-order valence-corrected chi connectivity index (χ2v) is 10.8. The molecule has 0 radical (unpaired) electrons. The van der Waals surface area contributed by atoms with E-state index < -0.39 is 9.84 Å². The highest BCUT2D eigenvalue weighted by Gasteiger charge is 2.23. The van der Waals surface area contributed by atoms with Gasteiger partial charge in [0.25, 0.3) is 5.91 Å². The van der Waals surface area contributed by atoms with Crippen molar-refractivity contribution in [2.45, 2.75) is 24.8 Å². The maximum absolute atomic E-state index is 13.4. The van der Waals surface area contributed by atoms with Crippen LogP contribution in [0.25, 0.3) is 10.2 Å². The van der Waals surface area contributed by atoms with Gasteiger partial charge in [-0.3, -0.25) is 9.69 Å². The summed E-state index contributed by atoms with van der Waals surface area (Å²) in [5.41, 5.74) is 0.908. The zero-order valence-electron chi connectivity index (χ0n) is 18.3. The fraction of sp³-hybridized carbons (Fsp3) is 0.364. The number of rotatable bonds is 8. The Morgan fingerprint density at radius 3 is 2.35 bits per heavy atom. The number of hydrogen-bond acceptors (Lipinski definition) is 7. The van der Waals surface area contributed by atoms with E-state index in [-0.39, 0.29) is 16.9 Å². The molecule has 0 N–H and O–H groups in total. The third-order valence-electron chi connectivity index (χ3n) is 4.49. The number of anilines is 1. The lowest BCUT2D eigenvalue weighted by molar-refractivity contribution is 0.0985. The van der Waals surface area contributed by atoms with Gasteiger partial charge in [-0.05, 0) is 64.3 Å². The molecule has 0 saturated carbocycles. The number of carbonyl (C=O) groups is 1. The topological polar surface area (TPSA) is 79.8 Å². The van der Waals surface area contributed by atoms with E-state index in [0.717, 1.165) is 11.0 Å². The van der Waals surface area contributed by atoms with Crippen LogP contribution >= 0.6 is 11.3 Å². The van der Waals surface area contributed by atoms with Gasteiger partial charge in [0.15, 0.2) is 15.0 Å². The summed E-state index contributed by atoms with van der Waals surface area (Å²) < 4.78 is 30.7. The summed E-state index contributed by atoms with van der Waals surface area (Å²) in [6, 6.07) is 12.1. The van der Waals surface area contributed by atoms with Gasteiger partial charge in [0.2, 0.25) is 0 Å². The molecule has 0 atom stereocenters. The van der Waals surface area contributed by atoms with E-state index in [1.54, 1.807) is 41.3 Å². The second-order valence-electron chi connectivity index (χ2n) is 7.82. The molecule has 1 amide bonds. The standard InChI is InChI=1S/C22H27N3O4S2/c1-15(2)29-17-11-9-16(10-12-17)21(26)25(14-13-24(3)4)22-23-20-18(30-22)7-6-8-19(20)31(5,27)28/h6-12,15H,13-14H2,1-5H3. The monoisotopic (exact) mass is 461 g/mol. The van der Waals surface area contributed by atoms with Crippen LogP contribution in [0.5, 0.6) is 5.75 Å². The van der Waals surface area contributed by atoms with Crippen LogP contribution in [0.1, 0.15) is 24.2 Å². The molecule has 1 heterocycles. The van der Waals surface area contributed by atoms with Crippen molar-refractivity contribution in [1.82, 2.24) is 9.88 Å². The molecule has 0 fully saturated rings. The Morgan fingerprint density at radius 1 is 1.10 bits per heavy atom.